The predicted octanol–water partition coefficient (Wildman–Crippen LogP) is 1.69. The summed E-state index contributed by atoms with van der Waals surface area (Å²) < 4.78 is 0. The summed E-state index contributed by atoms with van der Waals surface area (Å²) in [5, 5.41) is 19.3. The number of amides is 1. The summed E-state index contributed by atoms with van der Waals surface area (Å²) in [4.78, 5) is 24.9. The Kier molecular flexibility index (Phi) is 6.24. The van der Waals surface area contributed by atoms with Crippen LogP contribution >= 0.6 is 11.3 Å². The Hall–Kier alpha value is -1.66. The van der Waals surface area contributed by atoms with E-state index in [2.05, 4.69) is 0 Å². The Morgan fingerprint density at radius 3 is 2.74 bits per heavy atom. The molecule has 1 rings (SSSR count). The van der Waals surface area contributed by atoms with Crippen molar-refractivity contribution in [3.63, 3.8) is 0 Å². The molecule has 19 heavy (non-hydrogen) atoms. The van der Waals surface area contributed by atoms with Gasteiger partial charge in [0.2, 0.25) is 0 Å². The highest BCUT2D eigenvalue weighted by Gasteiger charge is 2.18. The van der Waals surface area contributed by atoms with Gasteiger partial charge >= 0.3 is 5.97 Å². The highest BCUT2D eigenvalue weighted by Crippen LogP contribution is 2.20. The summed E-state index contributed by atoms with van der Waals surface area (Å²) in [6.07, 6.45) is 3.22. The largest absolute Gasteiger partial charge is 0.478 e. The van der Waals surface area contributed by atoms with Crippen molar-refractivity contribution < 1.29 is 19.8 Å². The van der Waals surface area contributed by atoms with E-state index < -0.39 is 5.97 Å². The second-order valence-corrected chi connectivity index (χ2v) is 4.81. The molecule has 0 saturated heterocycles. The molecule has 2 N–H and O–H groups in total. The van der Waals surface area contributed by atoms with Crippen LogP contribution in [0.5, 0.6) is 0 Å². The number of nitrogens with zero attached hydrogens (tertiary/aromatic N) is 1. The van der Waals surface area contributed by atoms with Crippen molar-refractivity contribution in [1.82, 2.24) is 4.90 Å². The maximum Gasteiger partial charge on any atom is 0.328 e. The molecule has 1 amide bonds. The maximum atomic E-state index is 12.3. The zero-order valence-electron chi connectivity index (χ0n) is 10.7. The van der Waals surface area contributed by atoms with E-state index in [0.29, 0.717) is 17.0 Å². The first-order chi connectivity index (χ1) is 9.10. The quantitative estimate of drug-likeness (QED) is 0.746. The van der Waals surface area contributed by atoms with Crippen LogP contribution in [-0.2, 0) is 4.79 Å². The molecule has 0 saturated carbocycles. The van der Waals surface area contributed by atoms with Crippen LogP contribution in [0, 0.1) is 0 Å². The van der Waals surface area contributed by atoms with E-state index in [0.717, 1.165) is 12.5 Å². The topological polar surface area (TPSA) is 77.8 Å². The molecule has 0 aliphatic carbocycles. The van der Waals surface area contributed by atoms with Crippen molar-refractivity contribution in [3.05, 3.63) is 28.0 Å². The highest BCUT2D eigenvalue weighted by molar-refractivity contribution is 7.12. The van der Waals surface area contributed by atoms with Gasteiger partial charge in [0.15, 0.2) is 0 Å². The molecule has 104 valence electrons. The summed E-state index contributed by atoms with van der Waals surface area (Å²) in [6.45, 7) is 2.72. The van der Waals surface area contributed by atoms with Gasteiger partial charge in [0.05, 0.1) is 11.5 Å². The van der Waals surface area contributed by atoms with Crippen molar-refractivity contribution >= 4 is 29.3 Å². The number of carboxylic acid groups (broad SMARTS) is 1. The van der Waals surface area contributed by atoms with Gasteiger partial charge in [-0.1, -0.05) is 6.92 Å². The zero-order valence-corrected chi connectivity index (χ0v) is 11.5. The van der Waals surface area contributed by atoms with E-state index in [1.165, 1.54) is 17.4 Å². The van der Waals surface area contributed by atoms with Crippen LogP contribution < -0.4 is 0 Å². The van der Waals surface area contributed by atoms with Crippen LogP contribution in [0.1, 0.15) is 28.6 Å². The lowest BCUT2D eigenvalue weighted by atomic mass is 10.2. The summed E-state index contributed by atoms with van der Waals surface area (Å²) in [5.74, 6) is -1.22. The van der Waals surface area contributed by atoms with Crippen molar-refractivity contribution in [2.24, 2.45) is 0 Å². The van der Waals surface area contributed by atoms with Crippen molar-refractivity contribution in [1.29, 1.82) is 0 Å². The molecule has 0 atom stereocenters. The Balaban J connectivity index is 2.92. The molecule has 1 aromatic heterocycles. The number of carbonyl (C=O) groups is 2. The third-order valence-electron chi connectivity index (χ3n) is 2.45. The van der Waals surface area contributed by atoms with Crippen molar-refractivity contribution in [2.75, 3.05) is 19.7 Å². The van der Waals surface area contributed by atoms with Gasteiger partial charge in [0.25, 0.3) is 5.91 Å². The molecule has 1 aromatic rings. The molecule has 0 radical (unpaired) electrons. The fraction of sp³-hybridized carbons (Fsp3) is 0.385. The molecule has 0 bridgehead atoms. The Labute approximate surface area is 115 Å². The van der Waals surface area contributed by atoms with Crippen LogP contribution in [0.4, 0.5) is 0 Å². The van der Waals surface area contributed by atoms with E-state index in [-0.39, 0.29) is 19.1 Å². The van der Waals surface area contributed by atoms with Gasteiger partial charge in [0.1, 0.15) is 0 Å². The lowest BCUT2D eigenvalue weighted by Crippen LogP contribution is -2.34. The highest BCUT2D eigenvalue weighted by atomic mass is 32.1. The minimum absolute atomic E-state index is 0.0859. The fourth-order valence-electron chi connectivity index (χ4n) is 1.63. The second-order valence-electron chi connectivity index (χ2n) is 3.89. The molecule has 5 nitrogen and oxygen atoms in total. The van der Waals surface area contributed by atoms with Crippen LogP contribution in [0.15, 0.2) is 17.5 Å². The van der Waals surface area contributed by atoms with Gasteiger partial charge in [-0.15, -0.1) is 11.3 Å². The van der Waals surface area contributed by atoms with Crippen molar-refractivity contribution in [2.45, 2.75) is 13.3 Å². The lowest BCUT2D eigenvalue weighted by molar-refractivity contribution is -0.131. The fourth-order valence-corrected chi connectivity index (χ4v) is 2.49. The standard InChI is InChI=1S/C13H17NO4S/c1-2-6-14(7-8-15)13(18)12-10(5-9-19-12)3-4-11(16)17/h3-5,9,15H,2,6-8H2,1H3,(H,16,17). The summed E-state index contributed by atoms with van der Waals surface area (Å²) in [5.41, 5.74) is 0.594. The van der Waals surface area contributed by atoms with Gasteiger partial charge in [-0.05, 0) is 29.5 Å². The molecule has 6 heteroatoms. The number of thiophene rings is 1. The van der Waals surface area contributed by atoms with E-state index in [1.807, 2.05) is 6.92 Å². The minimum atomic E-state index is -1.05. The van der Waals surface area contributed by atoms with E-state index in [1.54, 1.807) is 16.3 Å². The third-order valence-corrected chi connectivity index (χ3v) is 3.36. The lowest BCUT2D eigenvalue weighted by Gasteiger charge is -2.20. The number of hydrogen-bond acceptors (Lipinski definition) is 4. The number of rotatable bonds is 7. The number of hydrogen-bond donors (Lipinski definition) is 2. The molecule has 0 aromatic carbocycles. The summed E-state index contributed by atoms with van der Waals surface area (Å²) in [7, 11) is 0. The summed E-state index contributed by atoms with van der Waals surface area (Å²) >= 11 is 1.27. The molecule has 0 fully saturated rings. The molecule has 0 aliphatic rings. The Morgan fingerprint density at radius 1 is 1.42 bits per heavy atom. The van der Waals surface area contributed by atoms with Crippen LogP contribution in [0.25, 0.3) is 6.08 Å². The Bertz CT molecular complexity index is 461. The van der Waals surface area contributed by atoms with Crippen LogP contribution in [0.3, 0.4) is 0 Å². The number of carbonyl (C=O) groups excluding carboxylic acids is 1. The normalized spacial score (nSPS) is 10.8. The maximum absolute atomic E-state index is 12.3. The van der Waals surface area contributed by atoms with E-state index in [9.17, 15) is 9.59 Å². The van der Waals surface area contributed by atoms with Crippen molar-refractivity contribution in [3.8, 4) is 0 Å². The van der Waals surface area contributed by atoms with E-state index in [4.69, 9.17) is 10.2 Å². The Morgan fingerprint density at radius 2 is 2.16 bits per heavy atom. The van der Waals surface area contributed by atoms with Crippen LogP contribution in [-0.4, -0.2) is 46.7 Å². The average molecular weight is 283 g/mol. The monoisotopic (exact) mass is 283 g/mol. The molecular weight excluding hydrogens is 266 g/mol. The molecule has 0 unspecified atom stereocenters. The number of aliphatic hydroxyl groups is 1. The molecule has 0 aliphatic heterocycles. The number of carboxylic acids is 1. The average Bonchev–Trinajstić information content (AvgIpc) is 2.83. The first kappa shape index (κ1) is 15.4. The van der Waals surface area contributed by atoms with Gasteiger partial charge < -0.3 is 15.1 Å². The smallest absolute Gasteiger partial charge is 0.328 e. The first-order valence-electron chi connectivity index (χ1n) is 5.98. The van der Waals surface area contributed by atoms with Gasteiger partial charge in [-0.3, -0.25) is 4.79 Å². The SMILES string of the molecule is CCCN(CCO)C(=O)c1sccc1C=CC(=O)O. The zero-order chi connectivity index (χ0) is 14.3. The predicted molar refractivity (Wildman–Crippen MR) is 74.3 cm³/mol. The van der Waals surface area contributed by atoms with Gasteiger partial charge in [0, 0.05) is 19.2 Å². The molecule has 1 heterocycles. The summed E-state index contributed by atoms with van der Waals surface area (Å²) in [6, 6.07) is 1.71. The van der Waals surface area contributed by atoms with Crippen LogP contribution in [0.2, 0.25) is 0 Å². The minimum Gasteiger partial charge on any atom is -0.478 e. The second kappa shape index (κ2) is 7.70. The molecule has 0 spiro atoms. The van der Waals surface area contributed by atoms with Gasteiger partial charge in [-0.25, -0.2) is 4.79 Å². The number of aliphatic carboxylic acids is 1. The van der Waals surface area contributed by atoms with Gasteiger partial charge in [-0.2, -0.15) is 0 Å². The third kappa shape index (κ3) is 4.50. The molecular formula is C13H17NO4S. The first-order valence-corrected chi connectivity index (χ1v) is 6.86. The number of aliphatic hydroxyl groups excluding tert-OH is 1. The van der Waals surface area contributed by atoms with E-state index >= 15 is 0 Å².